The zero-order valence-corrected chi connectivity index (χ0v) is 13.3. The van der Waals surface area contributed by atoms with E-state index in [1.807, 2.05) is 19.1 Å². The van der Waals surface area contributed by atoms with E-state index in [1.165, 1.54) is 12.1 Å². The van der Waals surface area contributed by atoms with Gasteiger partial charge in [0.15, 0.2) is 0 Å². The number of carbonyl (C=O) groups is 1. The Morgan fingerprint density at radius 2 is 1.83 bits per heavy atom. The molecule has 0 aliphatic rings. The molecule has 0 unspecified atom stereocenters. The van der Waals surface area contributed by atoms with Crippen molar-refractivity contribution in [1.82, 2.24) is 0 Å². The fourth-order valence-electron chi connectivity index (χ4n) is 2.08. The van der Waals surface area contributed by atoms with E-state index in [0.717, 1.165) is 6.42 Å². The Kier molecular flexibility index (Phi) is 6.54. The lowest BCUT2D eigenvalue weighted by Gasteiger charge is -2.12. The molecule has 0 saturated heterocycles. The summed E-state index contributed by atoms with van der Waals surface area (Å²) in [6.45, 7) is -0.292. The Labute approximate surface area is 139 Å². The highest BCUT2D eigenvalue weighted by Gasteiger charge is 2.09. The number of hydrogen-bond donors (Lipinski definition) is 1. The van der Waals surface area contributed by atoms with E-state index >= 15 is 0 Å². The van der Waals surface area contributed by atoms with E-state index in [2.05, 4.69) is 10.1 Å². The van der Waals surface area contributed by atoms with Crippen LogP contribution >= 0.6 is 0 Å². The van der Waals surface area contributed by atoms with Crippen LogP contribution in [0, 0.1) is 0 Å². The van der Waals surface area contributed by atoms with Gasteiger partial charge in [-0.25, -0.2) is 0 Å². The molecule has 2 aromatic rings. The molecule has 2 aromatic carbocycles. The standard InChI is InChI=1S/C18H19F2NO3/c1-2-11-23-16-6-4-3-5-15(16)21-17(22)12-13-7-9-14(10-8-13)24-18(19)20/h3-10,18H,2,11-12H2,1H3,(H,21,22). The number of anilines is 1. The molecule has 6 heteroatoms. The maximum absolute atomic E-state index is 12.2. The van der Waals surface area contributed by atoms with E-state index < -0.39 is 6.61 Å². The minimum atomic E-state index is -2.86. The molecule has 0 aromatic heterocycles. The molecule has 128 valence electrons. The van der Waals surface area contributed by atoms with Crippen molar-refractivity contribution < 1.29 is 23.0 Å². The molecular formula is C18H19F2NO3. The molecule has 2 rings (SSSR count). The number of nitrogens with one attached hydrogen (secondary N) is 1. The molecule has 0 saturated carbocycles. The number of ether oxygens (including phenoxy) is 2. The first kappa shape index (κ1) is 17.7. The normalized spacial score (nSPS) is 10.5. The third-order valence-electron chi connectivity index (χ3n) is 3.14. The smallest absolute Gasteiger partial charge is 0.387 e. The molecule has 0 bridgehead atoms. The first-order chi connectivity index (χ1) is 11.6. The lowest BCUT2D eigenvalue weighted by molar-refractivity contribution is -0.115. The Morgan fingerprint density at radius 1 is 1.12 bits per heavy atom. The number of benzene rings is 2. The maximum Gasteiger partial charge on any atom is 0.387 e. The SMILES string of the molecule is CCCOc1ccccc1NC(=O)Cc1ccc(OC(F)F)cc1. The van der Waals surface area contributed by atoms with Gasteiger partial charge in [0.25, 0.3) is 0 Å². The molecule has 0 heterocycles. The van der Waals surface area contributed by atoms with Crippen LogP contribution in [0.4, 0.5) is 14.5 Å². The topological polar surface area (TPSA) is 47.6 Å². The number of rotatable bonds is 8. The first-order valence-corrected chi connectivity index (χ1v) is 7.64. The summed E-state index contributed by atoms with van der Waals surface area (Å²) < 4.78 is 34.1. The van der Waals surface area contributed by atoms with Crippen molar-refractivity contribution in [2.45, 2.75) is 26.4 Å². The van der Waals surface area contributed by atoms with Crippen LogP contribution in [0.1, 0.15) is 18.9 Å². The number of alkyl halides is 2. The highest BCUT2D eigenvalue weighted by molar-refractivity contribution is 5.93. The number of carbonyl (C=O) groups excluding carboxylic acids is 1. The van der Waals surface area contributed by atoms with Crippen molar-refractivity contribution in [2.24, 2.45) is 0 Å². The highest BCUT2D eigenvalue weighted by Crippen LogP contribution is 2.24. The van der Waals surface area contributed by atoms with E-state index in [4.69, 9.17) is 4.74 Å². The van der Waals surface area contributed by atoms with Gasteiger partial charge >= 0.3 is 6.61 Å². The molecule has 0 atom stereocenters. The summed E-state index contributed by atoms with van der Waals surface area (Å²) in [5.74, 6) is 0.464. The Morgan fingerprint density at radius 3 is 2.50 bits per heavy atom. The van der Waals surface area contributed by atoms with Gasteiger partial charge in [-0.05, 0) is 36.2 Å². The summed E-state index contributed by atoms with van der Waals surface area (Å²) >= 11 is 0. The van der Waals surface area contributed by atoms with Gasteiger partial charge in [-0.2, -0.15) is 8.78 Å². The molecule has 4 nitrogen and oxygen atoms in total. The Balaban J connectivity index is 1.96. The summed E-state index contributed by atoms with van der Waals surface area (Å²) in [6.07, 6.45) is 0.992. The highest BCUT2D eigenvalue weighted by atomic mass is 19.3. The van der Waals surface area contributed by atoms with Crippen LogP contribution in [-0.4, -0.2) is 19.1 Å². The molecule has 0 aliphatic heterocycles. The maximum atomic E-state index is 12.2. The van der Waals surface area contributed by atoms with Gasteiger partial charge in [0.2, 0.25) is 5.91 Å². The molecule has 0 aliphatic carbocycles. The van der Waals surface area contributed by atoms with Crippen LogP contribution in [0.3, 0.4) is 0 Å². The average Bonchev–Trinajstić information content (AvgIpc) is 2.55. The lowest BCUT2D eigenvalue weighted by Crippen LogP contribution is -2.15. The van der Waals surface area contributed by atoms with Crippen LogP contribution in [0.5, 0.6) is 11.5 Å². The second-order valence-corrected chi connectivity index (χ2v) is 5.09. The predicted octanol–water partition coefficient (Wildman–Crippen LogP) is 4.26. The van der Waals surface area contributed by atoms with Crippen LogP contribution in [-0.2, 0) is 11.2 Å². The molecule has 0 fully saturated rings. The van der Waals surface area contributed by atoms with Gasteiger partial charge in [-0.15, -0.1) is 0 Å². The predicted molar refractivity (Wildman–Crippen MR) is 87.6 cm³/mol. The van der Waals surface area contributed by atoms with Crippen molar-refractivity contribution in [3.8, 4) is 11.5 Å². The summed E-state index contributed by atoms with van der Waals surface area (Å²) in [6, 6.07) is 13.2. The molecule has 1 N–H and O–H groups in total. The Hall–Kier alpha value is -2.63. The van der Waals surface area contributed by atoms with Crippen molar-refractivity contribution in [1.29, 1.82) is 0 Å². The third-order valence-corrected chi connectivity index (χ3v) is 3.14. The van der Waals surface area contributed by atoms with E-state index in [0.29, 0.717) is 23.6 Å². The van der Waals surface area contributed by atoms with Gasteiger partial charge in [-0.1, -0.05) is 31.2 Å². The van der Waals surface area contributed by atoms with Crippen molar-refractivity contribution >= 4 is 11.6 Å². The second kappa shape index (κ2) is 8.86. The first-order valence-electron chi connectivity index (χ1n) is 7.64. The quantitative estimate of drug-likeness (QED) is 0.784. The van der Waals surface area contributed by atoms with E-state index in [1.54, 1.807) is 24.3 Å². The molecular weight excluding hydrogens is 316 g/mol. The Bertz CT molecular complexity index is 660. The molecule has 24 heavy (non-hydrogen) atoms. The van der Waals surface area contributed by atoms with Gasteiger partial charge in [0, 0.05) is 0 Å². The van der Waals surface area contributed by atoms with Crippen molar-refractivity contribution in [3.05, 3.63) is 54.1 Å². The molecule has 0 spiro atoms. The zero-order valence-electron chi connectivity index (χ0n) is 13.3. The lowest BCUT2D eigenvalue weighted by atomic mass is 10.1. The zero-order chi connectivity index (χ0) is 17.4. The van der Waals surface area contributed by atoms with Gasteiger partial charge < -0.3 is 14.8 Å². The minimum Gasteiger partial charge on any atom is -0.491 e. The van der Waals surface area contributed by atoms with E-state index in [9.17, 15) is 13.6 Å². The number of amides is 1. The van der Waals surface area contributed by atoms with E-state index in [-0.39, 0.29) is 18.1 Å². The minimum absolute atomic E-state index is 0.0625. The summed E-state index contributed by atoms with van der Waals surface area (Å²) in [7, 11) is 0. The average molecular weight is 335 g/mol. The largest absolute Gasteiger partial charge is 0.491 e. The molecule has 1 amide bonds. The number of para-hydroxylation sites is 2. The van der Waals surface area contributed by atoms with Crippen LogP contribution in [0.25, 0.3) is 0 Å². The fraction of sp³-hybridized carbons (Fsp3) is 0.278. The summed E-state index contributed by atoms with van der Waals surface area (Å²) in [5, 5.41) is 2.80. The van der Waals surface area contributed by atoms with Gasteiger partial charge in [-0.3, -0.25) is 4.79 Å². The van der Waals surface area contributed by atoms with Gasteiger partial charge in [0.1, 0.15) is 11.5 Å². The van der Waals surface area contributed by atoms with Crippen LogP contribution < -0.4 is 14.8 Å². The number of hydrogen-bond acceptors (Lipinski definition) is 3. The van der Waals surface area contributed by atoms with Crippen LogP contribution in [0.15, 0.2) is 48.5 Å². The number of halogens is 2. The summed E-state index contributed by atoms with van der Waals surface area (Å²) in [4.78, 5) is 12.2. The van der Waals surface area contributed by atoms with Gasteiger partial charge in [0.05, 0.1) is 18.7 Å². The summed E-state index contributed by atoms with van der Waals surface area (Å²) in [5.41, 5.74) is 1.30. The van der Waals surface area contributed by atoms with Crippen molar-refractivity contribution in [3.63, 3.8) is 0 Å². The van der Waals surface area contributed by atoms with Crippen LogP contribution in [0.2, 0.25) is 0 Å². The fourth-order valence-corrected chi connectivity index (χ4v) is 2.08. The monoisotopic (exact) mass is 335 g/mol. The van der Waals surface area contributed by atoms with Crippen molar-refractivity contribution in [2.75, 3.05) is 11.9 Å². The third kappa shape index (κ3) is 5.53. The molecule has 0 radical (unpaired) electrons. The second-order valence-electron chi connectivity index (χ2n) is 5.09.